The predicted octanol–water partition coefficient (Wildman–Crippen LogP) is 4.22. The highest BCUT2D eigenvalue weighted by atomic mass is 16.5. The Balaban J connectivity index is 1.34. The van der Waals surface area contributed by atoms with Crippen LogP contribution in [0.5, 0.6) is 5.88 Å². The molecular formula is C24H23N3O3. The van der Waals surface area contributed by atoms with E-state index in [0.29, 0.717) is 23.8 Å². The summed E-state index contributed by atoms with van der Waals surface area (Å²) in [4.78, 5) is 16.4. The molecule has 1 aromatic heterocycles. The number of pyridine rings is 1. The molecule has 1 heterocycles. The van der Waals surface area contributed by atoms with E-state index in [2.05, 4.69) is 34.6 Å². The van der Waals surface area contributed by atoms with Crippen LogP contribution in [-0.2, 0) is 4.74 Å². The summed E-state index contributed by atoms with van der Waals surface area (Å²) in [6.07, 6.45) is 3.04. The zero-order chi connectivity index (χ0) is 20.9. The van der Waals surface area contributed by atoms with Gasteiger partial charge in [0.15, 0.2) is 0 Å². The van der Waals surface area contributed by atoms with Crippen LogP contribution in [-0.4, -0.2) is 31.3 Å². The standard InChI is InChI=1S/C24H23N3O3/c1-29-23-13-12-21(25)22(27-23)11-6-14-26-24(28)30-15-20-18-9-4-2-7-16(18)17-8-3-5-10-19(17)20/h2-13,20H,14-15,25H2,1H3,(H,26,28). The first-order valence-corrected chi connectivity index (χ1v) is 9.73. The topological polar surface area (TPSA) is 86.5 Å². The van der Waals surface area contributed by atoms with Crippen LogP contribution in [0.2, 0.25) is 0 Å². The minimum Gasteiger partial charge on any atom is -0.481 e. The third-order valence-electron chi connectivity index (χ3n) is 5.12. The number of nitrogens with one attached hydrogen (secondary N) is 1. The summed E-state index contributed by atoms with van der Waals surface area (Å²) in [6, 6.07) is 19.9. The van der Waals surface area contributed by atoms with Gasteiger partial charge in [0.2, 0.25) is 5.88 Å². The number of hydrogen-bond acceptors (Lipinski definition) is 5. The summed E-state index contributed by atoms with van der Waals surface area (Å²) in [6.45, 7) is 0.586. The molecule has 1 aliphatic rings. The van der Waals surface area contributed by atoms with Crippen LogP contribution in [0.25, 0.3) is 17.2 Å². The Morgan fingerprint density at radius 3 is 2.40 bits per heavy atom. The quantitative estimate of drug-likeness (QED) is 0.646. The van der Waals surface area contributed by atoms with Crippen molar-refractivity contribution < 1.29 is 14.3 Å². The molecule has 0 saturated heterocycles. The smallest absolute Gasteiger partial charge is 0.407 e. The number of fused-ring (bicyclic) bond motifs is 3. The number of methoxy groups -OCH3 is 1. The lowest BCUT2D eigenvalue weighted by Gasteiger charge is -2.14. The first kappa shape index (κ1) is 19.5. The number of nitrogen functional groups attached to an aromatic ring is 1. The molecule has 3 aromatic rings. The van der Waals surface area contributed by atoms with Gasteiger partial charge in [-0.2, -0.15) is 0 Å². The molecule has 30 heavy (non-hydrogen) atoms. The lowest BCUT2D eigenvalue weighted by Crippen LogP contribution is -2.26. The molecule has 0 fully saturated rings. The number of carbonyl (C=O) groups is 1. The van der Waals surface area contributed by atoms with E-state index in [1.807, 2.05) is 24.3 Å². The second-order valence-electron chi connectivity index (χ2n) is 6.94. The van der Waals surface area contributed by atoms with Crippen molar-refractivity contribution in [3.8, 4) is 17.0 Å². The van der Waals surface area contributed by atoms with E-state index >= 15 is 0 Å². The molecule has 3 N–H and O–H groups in total. The highest BCUT2D eigenvalue weighted by Crippen LogP contribution is 2.44. The van der Waals surface area contributed by atoms with E-state index in [0.717, 1.165) is 0 Å². The van der Waals surface area contributed by atoms with Gasteiger partial charge in [0.1, 0.15) is 6.61 Å². The summed E-state index contributed by atoms with van der Waals surface area (Å²) in [5.74, 6) is 0.521. The number of carbonyl (C=O) groups excluding carboxylic acids is 1. The second-order valence-corrected chi connectivity index (χ2v) is 6.94. The average molecular weight is 401 g/mol. The Bertz CT molecular complexity index is 1050. The van der Waals surface area contributed by atoms with E-state index < -0.39 is 6.09 Å². The molecule has 2 aromatic carbocycles. The van der Waals surface area contributed by atoms with Crippen LogP contribution in [0.4, 0.5) is 10.5 Å². The number of nitrogens with zero attached hydrogens (tertiary/aromatic N) is 1. The largest absolute Gasteiger partial charge is 0.481 e. The van der Waals surface area contributed by atoms with Gasteiger partial charge in [0.25, 0.3) is 0 Å². The minimum atomic E-state index is -0.465. The van der Waals surface area contributed by atoms with Crippen molar-refractivity contribution in [2.75, 3.05) is 26.0 Å². The zero-order valence-corrected chi connectivity index (χ0v) is 16.7. The van der Waals surface area contributed by atoms with Crippen molar-refractivity contribution in [3.05, 3.63) is 83.6 Å². The fraction of sp³-hybridized carbons (Fsp3) is 0.167. The van der Waals surface area contributed by atoms with Gasteiger partial charge in [-0.3, -0.25) is 0 Å². The Morgan fingerprint density at radius 2 is 1.73 bits per heavy atom. The molecular weight excluding hydrogens is 378 g/mol. The second kappa shape index (κ2) is 8.69. The van der Waals surface area contributed by atoms with Gasteiger partial charge < -0.3 is 20.5 Å². The molecule has 1 aliphatic carbocycles. The molecule has 4 rings (SSSR count). The summed E-state index contributed by atoms with van der Waals surface area (Å²) >= 11 is 0. The van der Waals surface area contributed by atoms with Crippen molar-refractivity contribution in [1.29, 1.82) is 0 Å². The highest BCUT2D eigenvalue weighted by molar-refractivity contribution is 5.79. The number of hydrogen-bond donors (Lipinski definition) is 2. The summed E-state index contributed by atoms with van der Waals surface area (Å²) in [5, 5.41) is 2.73. The van der Waals surface area contributed by atoms with Crippen molar-refractivity contribution in [1.82, 2.24) is 10.3 Å². The molecule has 0 radical (unpaired) electrons. The summed E-state index contributed by atoms with van der Waals surface area (Å²) in [7, 11) is 1.55. The molecule has 0 unspecified atom stereocenters. The lowest BCUT2D eigenvalue weighted by molar-refractivity contribution is 0.144. The van der Waals surface area contributed by atoms with Crippen LogP contribution in [0.1, 0.15) is 22.7 Å². The molecule has 6 heteroatoms. The van der Waals surface area contributed by atoms with Crippen LogP contribution < -0.4 is 15.8 Å². The van der Waals surface area contributed by atoms with E-state index in [4.69, 9.17) is 15.2 Å². The fourth-order valence-corrected chi connectivity index (χ4v) is 3.68. The fourth-order valence-electron chi connectivity index (χ4n) is 3.68. The van der Waals surface area contributed by atoms with Gasteiger partial charge in [-0.25, -0.2) is 9.78 Å². The number of nitrogens with two attached hydrogens (primary N) is 1. The van der Waals surface area contributed by atoms with E-state index in [-0.39, 0.29) is 12.5 Å². The Hall–Kier alpha value is -3.80. The minimum absolute atomic E-state index is 0.0412. The monoisotopic (exact) mass is 401 g/mol. The van der Waals surface area contributed by atoms with E-state index in [1.165, 1.54) is 22.3 Å². The third kappa shape index (κ3) is 3.98. The summed E-state index contributed by atoms with van der Waals surface area (Å²) < 4.78 is 10.6. The number of rotatable bonds is 6. The third-order valence-corrected chi connectivity index (χ3v) is 5.12. The number of benzene rings is 2. The molecule has 1 amide bonds. The molecule has 0 atom stereocenters. The number of ether oxygens (including phenoxy) is 2. The van der Waals surface area contributed by atoms with Crippen molar-refractivity contribution in [2.45, 2.75) is 5.92 Å². The van der Waals surface area contributed by atoms with E-state index in [9.17, 15) is 4.79 Å². The van der Waals surface area contributed by atoms with Gasteiger partial charge >= 0.3 is 6.09 Å². The molecule has 0 saturated carbocycles. The van der Waals surface area contributed by atoms with Crippen molar-refractivity contribution in [2.24, 2.45) is 0 Å². The van der Waals surface area contributed by atoms with Crippen molar-refractivity contribution in [3.63, 3.8) is 0 Å². The average Bonchev–Trinajstić information content (AvgIpc) is 3.10. The Labute approximate surface area is 175 Å². The van der Waals surface area contributed by atoms with Crippen LogP contribution in [0, 0.1) is 0 Å². The maximum atomic E-state index is 12.2. The maximum absolute atomic E-state index is 12.2. The lowest BCUT2D eigenvalue weighted by atomic mass is 9.98. The predicted molar refractivity (Wildman–Crippen MR) is 117 cm³/mol. The van der Waals surface area contributed by atoms with Crippen LogP contribution in [0.15, 0.2) is 66.7 Å². The van der Waals surface area contributed by atoms with Crippen LogP contribution in [0.3, 0.4) is 0 Å². The van der Waals surface area contributed by atoms with Gasteiger partial charge in [-0.15, -0.1) is 0 Å². The SMILES string of the molecule is COc1ccc(N)c(C=CCNC(=O)OCC2c3ccccc3-c3ccccc32)n1. The number of anilines is 1. The van der Waals surface area contributed by atoms with Crippen LogP contribution >= 0.6 is 0 Å². The number of aromatic nitrogens is 1. The number of alkyl carbamates (subject to hydrolysis) is 1. The molecule has 0 aliphatic heterocycles. The molecule has 0 spiro atoms. The first-order chi connectivity index (χ1) is 14.7. The van der Waals surface area contributed by atoms with Gasteiger partial charge in [0, 0.05) is 18.5 Å². The molecule has 6 nitrogen and oxygen atoms in total. The molecule has 0 bridgehead atoms. The van der Waals surface area contributed by atoms with Crippen molar-refractivity contribution >= 4 is 17.9 Å². The Kier molecular flexibility index (Phi) is 5.66. The van der Waals surface area contributed by atoms with Gasteiger partial charge in [-0.05, 0) is 34.4 Å². The number of amides is 1. The molecule has 152 valence electrons. The summed E-state index contributed by atoms with van der Waals surface area (Å²) in [5.41, 5.74) is 11.8. The maximum Gasteiger partial charge on any atom is 0.407 e. The highest BCUT2D eigenvalue weighted by Gasteiger charge is 2.28. The zero-order valence-electron chi connectivity index (χ0n) is 16.7. The van der Waals surface area contributed by atoms with Gasteiger partial charge in [0.05, 0.1) is 18.5 Å². The van der Waals surface area contributed by atoms with Gasteiger partial charge in [-0.1, -0.05) is 54.6 Å². The Morgan fingerprint density at radius 1 is 1.07 bits per heavy atom. The van der Waals surface area contributed by atoms with E-state index in [1.54, 1.807) is 31.4 Å². The first-order valence-electron chi connectivity index (χ1n) is 9.73. The normalized spacial score (nSPS) is 12.4.